The molecule has 2 aromatic rings. The smallest absolute Gasteiger partial charge is 0.161 e. The summed E-state index contributed by atoms with van der Waals surface area (Å²) in [5.74, 6) is 2.06. The molecular weight excluding hydrogens is 286 g/mol. The van der Waals surface area contributed by atoms with Crippen LogP contribution in [-0.2, 0) is 13.0 Å². The van der Waals surface area contributed by atoms with Gasteiger partial charge in [-0.15, -0.1) is 0 Å². The lowest BCUT2D eigenvalue weighted by Crippen LogP contribution is -2.42. The molecule has 2 atom stereocenters. The van der Waals surface area contributed by atoms with Crippen LogP contribution in [0.4, 0.5) is 0 Å². The number of aryl methyl sites for hydroxylation is 2. The highest BCUT2D eigenvalue weighted by atomic mass is 16.5. The van der Waals surface area contributed by atoms with Crippen LogP contribution in [0.15, 0.2) is 30.3 Å². The number of hydrogen-bond donors (Lipinski definition) is 1. The van der Waals surface area contributed by atoms with E-state index in [2.05, 4.69) is 42.6 Å². The van der Waals surface area contributed by atoms with Gasteiger partial charge in [-0.1, -0.05) is 18.2 Å². The molecule has 3 heteroatoms. The summed E-state index contributed by atoms with van der Waals surface area (Å²) in [6.45, 7) is 3.19. The summed E-state index contributed by atoms with van der Waals surface area (Å²) in [6, 6.07) is 11.5. The van der Waals surface area contributed by atoms with E-state index in [1.54, 1.807) is 14.2 Å². The molecule has 0 spiro atoms. The van der Waals surface area contributed by atoms with Gasteiger partial charge < -0.3 is 14.8 Å². The van der Waals surface area contributed by atoms with E-state index < -0.39 is 0 Å². The lowest BCUT2D eigenvalue weighted by atomic mass is 9.72. The Hall–Kier alpha value is -2.00. The molecule has 1 aliphatic heterocycles. The Kier molecular flexibility index (Phi) is 3.53. The van der Waals surface area contributed by atoms with Crippen molar-refractivity contribution in [3.8, 4) is 11.5 Å². The maximum Gasteiger partial charge on any atom is 0.161 e. The van der Waals surface area contributed by atoms with Crippen molar-refractivity contribution in [2.75, 3.05) is 14.2 Å². The van der Waals surface area contributed by atoms with Gasteiger partial charge in [0, 0.05) is 18.5 Å². The number of nitrogens with one attached hydrogen (secondary N) is 1. The van der Waals surface area contributed by atoms with Crippen LogP contribution in [0.25, 0.3) is 0 Å². The molecule has 0 bridgehead atoms. The van der Waals surface area contributed by atoms with Gasteiger partial charge in [-0.25, -0.2) is 0 Å². The number of ether oxygens (including phenoxy) is 2. The molecule has 23 heavy (non-hydrogen) atoms. The van der Waals surface area contributed by atoms with Gasteiger partial charge in [0.25, 0.3) is 0 Å². The summed E-state index contributed by atoms with van der Waals surface area (Å²) in [6.07, 6.45) is 2.26. The van der Waals surface area contributed by atoms with Crippen LogP contribution in [0, 0.1) is 6.92 Å². The molecule has 0 saturated carbocycles. The molecule has 0 fully saturated rings. The first-order valence-corrected chi connectivity index (χ1v) is 8.29. The Balaban J connectivity index is 1.90. The average molecular weight is 309 g/mol. The van der Waals surface area contributed by atoms with E-state index in [1.807, 2.05) is 0 Å². The van der Waals surface area contributed by atoms with Crippen LogP contribution in [0.2, 0.25) is 0 Å². The zero-order valence-electron chi connectivity index (χ0n) is 14.0. The first kappa shape index (κ1) is 14.6. The highest BCUT2D eigenvalue weighted by Gasteiger charge is 2.36. The zero-order chi connectivity index (χ0) is 16.0. The first-order valence-electron chi connectivity index (χ1n) is 8.29. The van der Waals surface area contributed by atoms with Crippen molar-refractivity contribution in [3.63, 3.8) is 0 Å². The second-order valence-corrected chi connectivity index (χ2v) is 6.55. The summed E-state index contributed by atoms with van der Waals surface area (Å²) < 4.78 is 11.0. The van der Waals surface area contributed by atoms with Gasteiger partial charge in [-0.05, 0) is 59.7 Å². The van der Waals surface area contributed by atoms with Gasteiger partial charge >= 0.3 is 0 Å². The van der Waals surface area contributed by atoms with Crippen LogP contribution in [0.1, 0.15) is 40.2 Å². The minimum absolute atomic E-state index is 0.405. The molecule has 4 rings (SSSR count). The molecule has 2 unspecified atom stereocenters. The van der Waals surface area contributed by atoms with Gasteiger partial charge in [0.05, 0.1) is 14.2 Å². The van der Waals surface area contributed by atoms with Crippen molar-refractivity contribution < 1.29 is 9.47 Å². The number of rotatable bonds is 2. The van der Waals surface area contributed by atoms with E-state index in [0.717, 1.165) is 24.5 Å². The average Bonchev–Trinajstić information content (AvgIpc) is 2.60. The van der Waals surface area contributed by atoms with E-state index in [9.17, 15) is 0 Å². The number of fused-ring (bicyclic) bond motifs is 5. The highest BCUT2D eigenvalue weighted by Crippen LogP contribution is 2.45. The van der Waals surface area contributed by atoms with E-state index in [4.69, 9.17) is 9.47 Å². The second-order valence-electron chi connectivity index (χ2n) is 6.55. The lowest BCUT2D eigenvalue weighted by molar-refractivity contribution is 0.348. The molecule has 1 N–H and O–H groups in total. The maximum absolute atomic E-state index is 5.55. The normalized spacial score (nSPS) is 21.9. The second kappa shape index (κ2) is 5.57. The Morgan fingerprint density at radius 1 is 1.04 bits per heavy atom. The van der Waals surface area contributed by atoms with E-state index in [1.165, 1.54) is 34.2 Å². The summed E-state index contributed by atoms with van der Waals surface area (Å²) in [5.41, 5.74) is 7.08. The molecule has 0 amide bonds. The monoisotopic (exact) mass is 309 g/mol. The number of benzene rings is 2. The van der Waals surface area contributed by atoms with Gasteiger partial charge in [0.1, 0.15) is 0 Å². The van der Waals surface area contributed by atoms with Gasteiger partial charge in [0.2, 0.25) is 0 Å². The van der Waals surface area contributed by atoms with Crippen molar-refractivity contribution in [2.45, 2.75) is 38.3 Å². The van der Waals surface area contributed by atoms with Gasteiger partial charge in [0.15, 0.2) is 11.5 Å². The SMILES string of the molecule is COc1cc2c(cc1OC)C1c3cccc(C)c3CNC1CC2. The largest absolute Gasteiger partial charge is 0.493 e. The van der Waals surface area contributed by atoms with Gasteiger partial charge in [-0.3, -0.25) is 0 Å². The van der Waals surface area contributed by atoms with Crippen LogP contribution in [0.3, 0.4) is 0 Å². The molecule has 120 valence electrons. The van der Waals surface area contributed by atoms with Crippen molar-refractivity contribution >= 4 is 0 Å². The van der Waals surface area contributed by atoms with Crippen molar-refractivity contribution in [2.24, 2.45) is 0 Å². The Morgan fingerprint density at radius 2 is 1.83 bits per heavy atom. The molecule has 2 aliphatic rings. The van der Waals surface area contributed by atoms with E-state index >= 15 is 0 Å². The quantitative estimate of drug-likeness (QED) is 0.920. The van der Waals surface area contributed by atoms with Crippen LogP contribution in [-0.4, -0.2) is 20.3 Å². The third-order valence-electron chi connectivity index (χ3n) is 5.43. The Morgan fingerprint density at radius 3 is 2.61 bits per heavy atom. The number of hydrogen-bond acceptors (Lipinski definition) is 3. The molecule has 1 aliphatic carbocycles. The summed E-state index contributed by atoms with van der Waals surface area (Å²) in [4.78, 5) is 0. The molecule has 0 aromatic heterocycles. The third-order valence-corrected chi connectivity index (χ3v) is 5.43. The molecule has 2 aromatic carbocycles. The van der Waals surface area contributed by atoms with Crippen molar-refractivity contribution in [3.05, 3.63) is 58.1 Å². The summed E-state index contributed by atoms with van der Waals surface area (Å²) >= 11 is 0. The molecular formula is C20H23NO2. The third kappa shape index (κ3) is 2.22. The fourth-order valence-corrected chi connectivity index (χ4v) is 4.23. The fourth-order valence-electron chi connectivity index (χ4n) is 4.23. The lowest BCUT2D eigenvalue weighted by Gasteiger charge is -2.40. The molecule has 3 nitrogen and oxygen atoms in total. The first-order chi connectivity index (χ1) is 11.2. The predicted octanol–water partition coefficient (Wildman–Crippen LogP) is 3.56. The summed E-state index contributed by atoms with van der Waals surface area (Å²) in [5, 5.41) is 3.75. The predicted molar refractivity (Wildman–Crippen MR) is 91.5 cm³/mol. The molecule has 0 radical (unpaired) electrons. The molecule has 1 heterocycles. The van der Waals surface area contributed by atoms with Crippen molar-refractivity contribution in [1.29, 1.82) is 0 Å². The zero-order valence-corrected chi connectivity index (χ0v) is 14.0. The van der Waals surface area contributed by atoms with E-state index in [0.29, 0.717) is 12.0 Å². The maximum atomic E-state index is 5.55. The van der Waals surface area contributed by atoms with Crippen LogP contribution in [0.5, 0.6) is 11.5 Å². The molecule has 0 saturated heterocycles. The summed E-state index contributed by atoms with van der Waals surface area (Å²) in [7, 11) is 3.42. The van der Waals surface area contributed by atoms with Crippen LogP contribution >= 0.6 is 0 Å². The number of methoxy groups -OCH3 is 2. The Bertz CT molecular complexity index is 754. The highest BCUT2D eigenvalue weighted by molar-refractivity contribution is 5.55. The van der Waals surface area contributed by atoms with Crippen LogP contribution < -0.4 is 14.8 Å². The minimum atomic E-state index is 0.405. The van der Waals surface area contributed by atoms with Gasteiger partial charge in [-0.2, -0.15) is 0 Å². The Labute approximate surface area is 137 Å². The van der Waals surface area contributed by atoms with E-state index in [-0.39, 0.29) is 0 Å². The fraction of sp³-hybridized carbons (Fsp3) is 0.400. The minimum Gasteiger partial charge on any atom is -0.493 e. The topological polar surface area (TPSA) is 30.5 Å². The standard InChI is InChI=1S/C20H23NO2/c1-12-5-4-6-14-16(12)11-21-17-8-7-13-9-18(22-2)19(23-3)10-15(13)20(14)17/h4-6,9-10,17,20-21H,7-8,11H2,1-3H3. The van der Waals surface area contributed by atoms with Crippen molar-refractivity contribution in [1.82, 2.24) is 5.32 Å².